The lowest BCUT2D eigenvalue weighted by Crippen LogP contribution is -1.98. The second-order valence-corrected chi connectivity index (χ2v) is 5.04. The van der Waals surface area contributed by atoms with Gasteiger partial charge in [-0.1, -0.05) is 11.6 Å². The molecule has 0 amide bonds. The van der Waals surface area contributed by atoms with Crippen molar-refractivity contribution >= 4 is 29.2 Å². The molecule has 0 atom stereocenters. The first-order chi connectivity index (χ1) is 11.5. The zero-order chi connectivity index (χ0) is 17.5. The number of non-ortho nitro benzene ring substituents is 1. The van der Waals surface area contributed by atoms with E-state index in [2.05, 4.69) is 10.5 Å². The molecule has 0 bridgehead atoms. The molecule has 0 aromatic heterocycles. The summed E-state index contributed by atoms with van der Waals surface area (Å²) in [5.74, 6) is 1.11. The monoisotopic (exact) mass is 349 g/mol. The molecule has 8 heteroatoms. The van der Waals surface area contributed by atoms with E-state index in [1.807, 2.05) is 6.92 Å². The summed E-state index contributed by atoms with van der Waals surface area (Å²) in [6.07, 6.45) is 1.53. The highest BCUT2D eigenvalue weighted by Crippen LogP contribution is 2.32. The van der Waals surface area contributed by atoms with Gasteiger partial charge in [0.15, 0.2) is 11.5 Å². The number of hydrazone groups is 1. The Bertz CT molecular complexity index is 748. The van der Waals surface area contributed by atoms with E-state index in [1.54, 1.807) is 24.3 Å². The van der Waals surface area contributed by atoms with Crippen LogP contribution in [0.15, 0.2) is 41.5 Å². The highest BCUT2D eigenvalue weighted by atomic mass is 35.5. The van der Waals surface area contributed by atoms with Crippen LogP contribution in [0, 0.1) is 10.1 Å². The fourth-order valence-corrected chi connectivity index (χ4v) is 2.11. The van der Waals surface area contributed by atoms with Crippen LogP contribution in [0.25, 0.3) is 0 Å². The van der Waals surface area contributed by atoms with Crippen LogP contribution in [-0.2, 0) is 0 Å². The highest BCUT2D eigenvalue weighted by molar-refractivity contribution is 6.33. The lowest BCUT2D eigenvalue weighted by Gasteiger charge is -2.11. The van der Waals surface area contributed by atoms with Gasteiger partial charge in [-0.25, -0.2) is 0 Å². The molecule has 0 heterocycles. The van der Waals surface area contributed by atoms with E-state index in [1.165, 1.54) is 25.5 Å². The third-order valence-electron chi connectivity index (χ3n) is 3.06. The number of ether oxygens (including phenoxy) is 2. The molecule has 0 aliphatic carbocycles. The molecule has 0 saturated heterocycles. The molecule has 0 aliphatic heterocycles. The Balaban J connectivity index is 2.13. The number of nitro groups is 1. The SMILES string of the molecule is CCOc1cc(/C=N/Nc2ccc([N+](=O)[O-])cc2)c(Cl)cc1OC. The zero-order valence-electron chi connectivity index (χ0n) is 13.2. The first kappa shape index (κ1) is 17.6. The molecule has 0 fully saturated rings. The van der Waals surface area contributed by atoms with Gasteiger partial charge in [0.1, 0.15) is 0 Å². The van der Waals surface area contributed by atoms with Gasteiger partial charge in [0.25, 0.3) is 5.69 Å². The van der Waals surface area contributed by atoms with Crippen molar-refractivity contribution in [3.8, 4) is 11.5 Å². The number of hydrogen-bond acceptors (Lipinski definition) is 6. The minimum atomic E-state index is -0.459. The Hall–Kier alpha value is -2.80. The Kier molecular flexibility index (Phi) is 5.97. The van der Waals surface area contributed by atoms with Gasteiger partial charge in [-0.3, -0.25) is 15.5 Å². The number of nitrogens with one attached hydrogen (secondary N) is 1. The first-order valence-corrected chi connectivity index (χ1v) is 7.46. The quantitative estimate of drug-likeness (QED) is 0.462. The van der Waals surface area contributed by atoms with Crippen LogP contribution < -0.4 is 14.9 Å². The van der Waals surface area contributed by atoms with Crippen LogP contribution in [0.2, 0.25) is 5.02 Å². The third kappa shape index (κ3) is 4.36. The Labute approximate surface area is 144 Å². The van der Waals surface area contributed by atoms with E-state index in [0.717, 1.165) is 0 Å². The summed E-state index contributed by atoms with van der Waals surface area (Å²) >= 11 is 6.19. The van der Waals surface area contributed by atoms with Crippen molar-refractivity contribution in [3.05, 3.63) is 57.1 Å². The second-order valence-electron chi connectivity index (χ2n) is 4.63. The molecule has 0 spiro atoms. The summed E-state index contributed by atoms with van der Waals surface area (Å²) in [4.78, 5) is 10.1. The molecule has 1 N–H and O–H groups in total. The molecule has 2 rings (SSSR count). The van der Waals surface area contributed by atoms with Gasteiger partial charge in [-0.2, -0.15) is 5.10 Å². The molecule has 126 valence electrons. The summed E-state index contributed by atoms with van der Waals surface area (Å²) in [5, 5.41) is 15.1. The largest absolute Gasteiger partial charge is 0.493 e. The Morgan fingerprint density at radius 3 is 2.58 bits per heavy atom. The molecule has 0 unspecified atom stereocenters. The van der Waals surface area contributed by atoms with E-state index >= 15 is 0 Å². The number of halogens is 1. The zero-order valence-corrected chi connectivity index (χ0v) is 13.9. The number of nitro benzene ring substituents is 1. The second kappa shape index (κ2) is 8.16. The fraction of sp³-hybridized carbons (Fsp3) is 0.188. The maximum absolute atomic E-state index is 10.6. The number of rotatable bonds is 7. The predicted molar refractivity (Wildman–Crippen MR) is 93.5 cm³/mol. The maximum atomic E-state index is 10.6. The average Bonchev–Trinajstić information content (AvgIpc) is 2.58. The molecule has 2 aromatic rings. The van der Waals surface area contributed by atoms with E-state index in [0.29, 0.717) is 34.4 Å². The minimum Gasteiger partial charge on any atom is -0.493 e. The van der Waals surface area contributed by atoms with Gasteiger partial charge in [-0.05, 0) is 25.1 Å². The standard InChI is InChI=1S/C16H16ClN3O4/c1-3-24-16-8-11(14(17)9-15(16)23-2)10-18-19-12-4-6-13(7-5-12)20(21)22/h4-10,19H,3H2,1-2H3/b18-10+. The Morgan fingerprint density at radius 2 is 2.00 bits per heavy atom. The van der Waals surface area contributed by atoms with Crippen molar-refractivity contribution in [2.75, 3.05) is 19.1 Å². The lowest BCUT2D eigenvalue weighted by molar-refractivity contribution is -0.384. The number of anilines is 1. The van der Waals surface area contributed by atoms with Gasteiger partial charge in [0, 0.05) is 23.8 Å². The van der Waals surface area contributed by atoms with Gasteiger partial charge in [0.2, 0.25) is 0 Å². The number of hydrogen-bond donors (Lipinski definition) is 1. The van der Waals surface area contributed by atoms with E-state index in [-0.39, 0.29) is 5.69 Å². The molecule has 0 radical (unpaired) electrons. The van der Waals surface area contributed by atoms with Gasteiger partial charge in [0.05, 0.1) is 35.6 Å². The average molecular weight is 350 g/mol. The lowest BCUT2D eigenvalue weighted by atomic mass is 10.2. The van der Waals surface area contributed by atoms with Crippen LogP contribution in [0.5, 0.6) is 11.5 Å². The topological polar surface area (TPSA) is 86.0 Å². The van der Waals surface area contributed by atoms with Crippen LogP contribution in [0.3, 0.4) is 0 Å². The normalized spacial score (nSPS) is 10.6. The molecular weight excluding hydrogens is 334 g/mol. The van der Waals surface area contributed by atoms with Crippen LogP contribution in [-0.4, -0.2) is 24.9 Å². The first-order valence-electron chi connectivity index (χ1n) is 7.09. The summed E-state index contributed by atoms with van der Waals surface area (Å²) in [6, 6.07) is 9.30. The van der Waals surface area contributed by atoms with Crippen LogP contribution in [0.4, 0.5) is 11.4 Å². The molecule has 0 aliphatic rings. The number of methoxy groups -OCH3 is 1. The van der Waals surface area contributed by atoms with Crippen molar-refractivity contribution in [1.82, 2.24) is 0 Å². The van der Waals surface area contributed by atoms with Crippen molar-refractivity contribution in [1.29, 1.82) is 0 Å². The number of benzene rings is 2. The summed E-state index contributed by atoms with van der Waals surface area (Å²) in [5.41, 5.74) is 4.07. The van der Waals surface area contributed by atoms with E-state index in [4.69, 9.17) is 21.1 Å². The highest BCUT2D eigenvalue weighted by Gasteiger charge is 2.09. The molecular formula is C16H16ClN3O4. The number of nitrogens with zero attached hydrogens (tertiary/aromatic N) is 2. The van der Waals surface area contributed by atoms with Crippen molar-refractivity contribution in [2.24, 2.45) is 5.10 Å². The van der Waals surface area contributed by atoms with E-state index in [9.17, 15) is 10.1 Å². The molecule has 24 heavy (non-hydrogen) atoms. The fourth-order valence-electron chi connectivity index (χ4n) is 1.91. The molecule has 0 saturated carbocycles. The summed E-state index contributed by atoms with van der Waals surface area (Å²) in [6.45, 7) is 2.37. The summed E-state index contributed by atoms with van der Waals surface area (Å²) in [7, 11) is 1.54. The van der Waals surface area contributed by atoms with Crippen LogP contribution in [0.1, 0.15) is 12.5 Å². The smallest absolute Gasteiger partial charge is 0.269 e. The maximum Gasteiger partial charge on any atom is 0.269 e. The molecule has 7 nitrogen and oxygen atoms in total. The van der Waals surface area contributed by atoms with Crippen molar-refractivity contribution in [2.45, 2.75) is 6.92 Å². The van der Waals surface area contributed by atoms with Gasteiger partial charge < -0.3 is 9.47 Å². The predicted octanol–water partition coefficient (Wildman–Crippen LogP) is 4.10. The van der Waals surface area contributed by atoms with Gasteiger partial charge >= 0.3 is 0 Å². The Morgan fingerprint density at radius 1 is 1.29 bits per heavy atom. The summed E-state index contributed by atoms with van der Waals surface area (Å²) < 4.78 is 10.7. The molecule has 2 aromatic carbocycles. The van der Waals surface area contributed by atoms with Crippen molar-refractivity contribution in [3.63, 3.8) is 0 Å². The third-order valence-corrected chi connectivity index (χ3v) is 3.39. The van der Waals surface area contributed by atoms with Crippen LogP contribution >= 0.6 is 11.6 Å². The van der Waals surface area contributed by atoms with E-state index < -0.39 is 4.92 Å². The minimum absolute atomic E-state index is 0.0177. The van der Waals surface area contributed by atoms with Gasteiger partial charge in [-0.15, -0.1) is 0 Å². The van der Waals surface area contributed by atoms with Crippen molar-refractivity contribution < 1.29 is 14.4 Å².